The zero-order chi connectivity index (χ0) is 13.9. The van der Waals surface area contributed by atoms with E-state index in [2.05, 4.69) is 4.90 Å². The molecule has 20 heavy (non-hydrogen) atoms. The van der Waals surface area contributed by atoms with Crippen molar-refractivity contribution in [1.82, 2.24) is 0 Å². The molecule has 107 valence electrons. The third-order valence-corrected chi connectivity index (χ3v) is 3.96. The van der Waals surface area contributed by atoms with Gasteiger partial charge in [-0.1, -0.05) is 0 Å². The van der Waals surface area contributed by atoms with Gasteiger partial charge in [0.25, 0.3) is 0 Å². The molecule has 0 unspecified atom stereocenters. The molecule has 3 rings (SSSR count). The molecule has 0 aliphatic carbocycles. The van der Waals surface area contributed by atoms with Crippen molar-refractivity contribution in [2.45, 2.75) is 19.4 Å². The first-order chi connectivity index (χ1) is 9.79. The summed E-state index contributed by atoms with van der Waals surface area (Å²) in [7, 11) is 0. The van der Waals surface area contributed by atoms with Crippen LogP contribution in [0.2, 0.25) is 0 Å². The van der Waals surface area contributed by atoms with E-state index in [9.17, 15) is 9.90 Å². The minimum Gasteiger partial charge on any atom is -0.378 e. The summed E-state index contributed by atoms with van der Waals surface area (Å²) < 4.78 is 5.34. The molecular weight excluding hydrogens is 256 g/mol. The molecule has 0 atom stereocenters. The average molecular weight is 275 g/mol. The lowest BCUT2D eigenvalue weighted by Gasteiger charge is -2.31. The lowest BCUT2D eigenvalue weighted by molar-refractivity contribution is -0.117. The van der Waals surface area contributed by atoms with Crippen LogP contribution in [0.4, 0.5) is 11.4 Å². The number of hydrogen-bond donors (Lipinski definition) is 0. The predicted octanol–water partition coefficient (Wildman–Crippen LogP) is 1.58. The van der Waals surface area contributed by atoms with Crippen molar-refractivity contribution in [3.05, 3.63) is 23.8 Å². The first kappa shape index (κ1) is 13.4. The van der Waals surface area contributed by atoms with E-state index in [0.29, 0.717) is 19.6 Å². The minimum absolute atomic E-state index is 0.154. The Hall–Kier alpha value is -1.59. The van der Waals surface area contributed by atoms with Crippen LogP contribution in [0.15, 0.2) is 18.2 Å². The molecule has 0 bridgehead atoms. The van der Waals surface area contributed by atoms with Crippen LogP contribution in [0.25, 0.3) is 0 Å². The second-order valence-electron chi connectivity index (χ2n) is 5.21. The van der Waals surface area contributed by atoms with E-state index in [0.717, 1.165) is 43.0 Å². The van der Waals surface area contributed by atoms with Crippen molar-refractivity contribution >= 4 is 17.3 Å². The number of carbonyl (C=O) groups is 1. The van der Waals surface area contributed by atoms with Gasteiger partial charge in [0.1, 0.15) is 6.61 Å². The van der Waals surface area contributed by atoms with Gasteiger partial charge in [-0.05, 0) is 24.6 Å². The molecule has 1 aromatic carbocycles. The van der Waals surface area contributed by atoms with E-state index in [1.807, 2.05) is 18.2 Å². The SMILES string of the molecule is [O]Cc1cc(N2CCCC2=O)ccc1N1CCOCC1. The molecule has 0 spiro atoms. The Kier molecular flexibility index (Phi) is 3.89. The number of benzene rings is 1. The predicted molar refractivity (Wildman–Crippen MR) is 75.5 cm³/mol. The number of amides is 1. The van der Waals surface area contributed by atoms with Gasteiger partial charge in [0, 0.05) is 43.0 Å². The van der Waals surface area contributed by atoms with Crippen molar-refractivity contribution in [3.63, 3.8) is 0 Å². The van der Waals surface area contributed by atoms with Crippen molar-refractivity contribution < 1.29 is 14.6 Å². The van der Waals surface area contributed by atoms with E-state index in [4.69, 9.17) is 4.74 Å². The third kappa shape index (κ3) is 2.51. The molecule has 1 radical (unpaired) electrons. The number of carbonyl (C=O) groups excluding carboxylic acids is 1. The first-order valence-electron chi connectivity index (χ1n) is 7.13. The van der Waals surface area contributed by atoms with E-state index in [1.165, 1.54) is 0 Å². The quantitative estimate of drug-likeness (QED) is 0.841. The second-order valence-corrected chi connectivity index (χ2v) is 5.21. The Morgan fingerprint density at radius 1 is 1.15 bits per heavy atom. The monoisotopic (exact) mass is 275 g/mol. The van der Waals surface area contributed by atoms with Crippen LogP contribution < -0.4 is 9.80 Å². The van der Waals surface area contributed by atoms with Crippen LogP contribution in [0, 0.1) is 0 Å². The fraction of sp³-hybridized carbons (Fsp3) is 0.533. The molecule has 1 amide bonds. The van der Waals surface area contributed by atoms with E-state index >= 15 is 0 Å². The number of hydrogen-bond acceptors (Lipinski definition) is 3. The maximum atomic E-state index is 11.8. The van der Waals surface area contributed by atoms with Crippen LogP contribution in [-0.2, 0) is 21.2 Å². The molecular formula is C15H19N2O3. The summed E-state index contributed by atoms with van der Waals surface area (Å²) in [5.74, 6) is 0.154. The van der Waals surface area contributed by atoms with Crippen molar-refractivity contribution in [2.24, 2.45) is 0 Å². The van der Waals surface area contributed by atoms with Crippen molar-refractivity contribution in [3.8, 4) is 0 Å². The Morgan fingerprint density at radius 3 is 2.60 bits per heavy atom. The highest BCUT2D eigenvalue weighted by Gasteiger charge is 2.23. The molecule has 5 nitrogen and oxygen atoms in total. The fourth-order valence-electron chi connectivity index (χ4n) is 2.89. The fourth-order valence-corrected chi connectivity index (χ4v) is 2.89. The van der Waals surface area contributed by atoms with Crippen LogP contribution in [-0.4, -0.2) is 38.8 Å². The number of ether oxygens (including phenoxy) is 1. The minimum atomic E-state index is -0.261. The zero-order valence-electron chi connectivity index (χ0n) is 11.5. The summed E-state index contributed by atoms with van der Waals surface area (Å²) in [4.78, 5) is 15.7. The van der Waals surface area contributed by atoms with Gasteiger partial charge in [-0.3, -0.25) is 4.79 Å². The van der Waals surface area contributed by atoms with E-state index < -0.39 is 0 Å². The second kappa shape index (κ2) is 5.81. The summed E-state index contributed by atoms with van der Waals surface area (Å²) in [5.41, 5.74) is 2.61. The van der Waals surface area contributed by atoms with Gasteiger partial charge < -0.3 is 14.5 Å². The van der Waals surface area contributed by atoms with Gasteiger partial charge in [-0.15, -0.1) is 0 Å². The highest BCUT2D eigenvalue weighted by molar-refractivity contribution is 5.95. The van der Waals surface area contributed by atoms with Gasteiger partial charge in [0.2, 0.25) is 5.91 Å². The molecule has 2 fully saturated rings. The Morgan fingerprint density at radius 2 is 1.95 bits per heavy atom. The largest absolute Gasteiger partial charge is 0.378 e. The molecule has 5 heteroatoms. The van der Waals surface area contributed by atoms with Gasteiger partial charge in [0.15, 0.2) is 0 Å². The van der Waals surface area contributed by atoms with Crippen LogP contribution in [0.5, 0.6) is 0 Å². The Bertz CT molecular complexity index is 498. The lowest BCUT2D eigenvalue weighted by atomic mass is 10.1. The third-order valence-electron chi connectivity index (χ3n) is 3.96. The van der Waals surface area contributed by atoms with Gasteiger partial charge in [-0.2, -0.15) is 0 Å². The summed E-state index contributed by atoms with van der Waals surface area (Å²) >= 11 is 0. The maximum absolute atomic E-state index is 11.8. The average Bonchev–Trinajstić information content (AvgIpc) is 2.93. The zero-order valence-corrected chi connectivity index (χ0v) is 11.5. The first-order valence-corrected chi connectivity index (χ1v) is 7.13. The Balaban J connectivity index is 1.87. The number of morpholine rings is 1. The maximum Gasteiger partial charge on any atom is 0.227 e. The van der Waals surface area contributed by atoms with Crippen LogP contribution in [0.3, 0.4) is 0 Å². The summed E-state index contributed by atoms with van der Waals surface area (Å²) in [6.07, 6.45) is 1.51. The molecule has 1 aromatic rings. The summed E-state index contributed by atoms with van der Waals surface area (Å²) in [6, 6.07) is 5.80. The van der Waals surface area contributed by atoms with Crippen molar-refractivity contribution in [1.29, 1.82) is 0 Å². The van der Waals surface area contributed by atoms with Gasteiger partial charge in [0.05, 0.1) is 13.2 Å². The van der Waals surface area contributed by atoms with Gasteiger partial charge >= 0.3 is 0 Å². The molecule has 2 heterocycles. The van der Waals surface area contributed by atoms with E-state index in [-0.39, 0.29) is 12.5 Å². The summed E-state index contributed by atoms with van der Waals surface area (Å²) in [6.45, 7) is 3.52. The molecule has 2 aliphatic heterocycles. The topological polar surface area (TPSA) is 52.7 Å². The van der Waals surface area contributed by atoms with E-state index in [1.54, 1.807) is 4.90 Å². The lowest BCUT2D eigenvalue weighted by Crippen LogP contribution is -2.36. The molecule has 0 saturated carbocycles. The normalized spacial score (nSPS) is 19.8. The number of anilines is 2. The Labute approximate surface area is 118 Å². The molecule has 2 saturated heterocycles. The molecule has 0 N–H and O–H groups in total. The number of nitrogens with zero attached hydrogens (tertiary/aromatic N) is 2. The molecule has 2 aliphatic rings. The van der Waals surface area contributed by atoms with Crippen LogP contribution >= 0.6 is 0 Å². The summed E-state index contributed by atoms with van der Waals surface area (Å²) in [5, 5.41) is 11.5. The smallest absolute Gasteiger partial charge is 0.227 e. The highest BCUT2D eigenvalue weighted by Crippen LogP contribution is 2.29. The highest BCUT2D eigenvalue weighted by atomic mass is 16.5. The standard InChI is InChI=1S/C15H19N2O3/c18-11-12-10-13(17-5-1-2-15(17)19)3-4-14(12)16-6-8-20-9-7-16/h3-4,10H,1-2,5-9,11H2. The van der Waals surface area contributed by atoms with Gasteiger partial charge in [-0.25, -0.2) is 5.11 Å². The van der Waals surface area contributed by atoms with Crippen molar-refractivity contribution in [2.75, 3.05) is 42.6 Å². The van der Waals surface area contributed by atoms with Crippen LogP contribution in [0.1, 0.15) is 18.4 Å². The number of rotatable bonds is 3. The molecule has 0 aromatic heterocycles.